The van der Waals surface area contributed by atoms with Crippen molar-refractivity contribution in [2.24, 2.45) is 5.73 Å². The van der Waals surface area contributed by atoms with Crippen LogP contribution in [0.5, 0.6) is 0 Å². The molecule has 0 saturated heterocycles. The number of nitrogens with two attached hydrogens (primary N) is 1. The van der Waals surface area contributed by atoms with E-state index in [0.29, 0.717) is 16.3 Å². The highest BCUT2D eigenvalue weighted by Crippen LogP contribution is 2.30. The largest absolute Gasteiger partial charge is 0.366 e. The molecule has 0 saturated carbocycles. The van der Waals surface area contributed by atoms with Crippen molar-refractivity contribution in [1.82, 2.24) is 4.98 Å². The van der Waals surface area contributed by atoms with Crippen molar-refractivity contribution in [3.63, 3.8) is 0 Å². The zero-order valence-corrected chi connectivity index (χ0v) is 15.8. The number of amides is 2. The van der Waals surface area contributed by atoms with Crippen LogP contribution in [0.4, 0.5) is 5.69 Å². The highest BCUT2D eigenvalue weighted by Gasteiger charge is 2.21. The van der Waals surface area contributed by atoms with Crippen molar-refractivity contribution in [3.05, 3.63) is 52.7 Å². The van der Waals surface area contributed by atoms with Crippen molar-refractivity contribution >= 4 is 29.3 Å². The van der Waals surface area contributed by atoms with Gasteiger partial charge in [-0.3, -0.25) is 9.59 Å². The summed E-state index contributed by atoms with van der Waals surface area (Å²) >= 11 is 1.25. The SMILES string of the molecule is CC(Sc1nc2c(cc1C#N)CCCC2)C(=O)Nc1ccccc1C(N)=O. The number of aromatic nitrogens is 1. The smallest absolute Gasteiger partial charge is 0.250 e. The molecular weight excluding hydrogens is 360 g/mol. The summed E-state index contributed by atoms with van der Waals surface area (Å²) in [6.45, 7) is 1.75. The van der Waals surface area contributed by atoms with Gasteiger partial charge in [0.1, 0.15) is 11.1 Å². The van der Waals surface area contributed by atoms with Crippen LogP contribution in [0.2, 0.25) is 0 Å². The Morgan fingerprint density at radius 3 is 2.78 bits per heavy atom. The number of aryl methyl sites for hydroxylation is 2. The summed E-state index contributed by atoms with van der Waals surface area (Å²) < 4.78 is 0. The number of primary amides is 1. The Kier molecular flexibility index (Phi) is 5.77. The number of nitriles is 1. The van der Waals surface area contributed by atoms with Crippen LogP contribution < -0.4 is 11.1 Å². The first-order valence-electron chi connectivity index (χ1n) is 8.79. The van der Waals surface area contributed by atoms with Gasteiger partial charge in [-0.1, -0.05) is 23.9 Å². The van der Waals surface area contributed by atoms with Crippen LogP contribution in [-0.2, 0) is 17.6 Å². The van der Waals surface area contributed by atoms with Crippen LogP contribution in [0.15, 0.2) is 35.4 Å². The third-order valence-electron chi connectivity index (χ3n) is 4.49. The average molecular weight is 380 g/mol. The van der Waals surface area contributed by atoms with Crippen molar-refractivity contribution < 1.29 is 9.59 Å². The van der Waals surface area contributed by atoms with E-state index < -0.39 is 11.2 Å². The Hall–Kier alpha value is -2.85. The normalized spacial score (nSPS) is 13.9. The minimum Gasteiger partial charge on any atom is -0.366 e. The van der Waals surface area contributed by atoms with Gasteiger partial charge in [0.2, 0.25) is 5.91 Å². The molecule has 1 aliphatic carbocycles. The molecule has 6 nitrogen and oxygen atoms in total. The number of pyridine rings is 1. The molecule has 3 rings (SSSR count). The maximum Gasteiger partial charge on any atom is 0.250 e. The van der Waals surface area contributed by atoms with Crippen molar-refractivity contribution in [3.8, 4) is 6.07 Å². The van der Waals surface area contributed by atoms with Crippen LogP contribution in [0, 0.1) is 11.3 Å². The number of thioether (sulfide) groups is 1. The molecule has 1 aliphatic rings. The molecule has 1 aromatic heterocycles. The third kappa shape index (κ3) is 4.29. The Labute approximate surface area is 162 Å². The van der Waals surface area contributed by atoms with Crippen molar-refractivity contribution in [2.45, 2.75) is 42.9 Å². The molecule has 7 heteroatoms. The van der Waals surface area contributed by atoms with E-state index in [-0.39, 0.29) is 11.5 Å². The van der Waals surface area contributed by atoms with Gasteiger partial charge in [0.25, 0.3) is 5.91 Å². The summed E-state index contributed by atoms with van der Waals surface area (Å²) in [5.74, 6) is -0.883. The van der Waals surface area contributed by atoms with Crippen LogP contribution in [0.25, 0.3) is 0 Å². The number of para-hydroxylation sites is 1. The zero-order valence-electron chi connectivity index (χ0n) is 15.0. The van der Waals surface area contributed by atoms with E-state index in [4.69, 9.17) is 5.73 Å². The molecule has 3 N–H and O–H groups in total. The van der Waals surface area contributed by atoms with Crippen LogP contribution in [0.3, 0.4) is 0 Å². The van der Waals surface area contributed by atoms with Gasteiger partial charge in [0, 0.05) is 5.69 Å². The second-order valence-corrected chi connectivity index (χ2v) is 7.75. The van der Waals surface area contributed by atoms with E-state index in [1.54, 1.807) is 31.2 Å². The van der Waals surface area contributed by atoms with Gasteiger partial charge in [-0.25, -0.2) is 4.98 Å². The zero-order chi connectivity index (χ0) is 19.4. The number of anilines is 1. The van der Waals surface area contributed by atoms with Crippen molar-refractivity contribution in [2.75, 3.05) is 5.32 Å². The van der Waals surface area contributed by atoms with Gasteiger partial charge in [0.05, 0.1) is 22.1 Å². The number of nitrogens with zero attached hydrogens (tertiary/aromatic N) is 2. The molecule has 138 valence electrons. The Bertz CT molecular complexity index is 936. The van der Waals surface area contributed by atoms with E-state index in [0.717, 1.165) is 36.9 Å². The van der Waals surface area contributed by atoms with Gasteiger partial charge in [0.15, 0.2) is 0 Å². The Morgan fingerprint density at radius 2 is 2.04 bits per heavy atom. The summed E-state index contributed by atoms with van der Waals surface area (Å²) in [5, 5.41) is 12.3. The van der Waals surface area contributed by atoms with Gasteiger partial charge >= 0.3 is 0 Å². The molecule has 0 fully saturated rings. The molecule has 0 aliphatic heterocycles. The minimum absolute atomic E-state index is 0.257. The van der Waals surface area contributed by atoms with E-state index >= 15 is 0 Å². The number of hydrogen-bond donors (Lipinski definition) is 2. The molecule has 1 unspecified atom stereocenters. The lowest BCUT2D eigenvalue weighted by Gasteiger charge is -2.18. The maximum atomic E-state index is 12.6. The summed E-state index contributed by atoms with van der Waals surface area (Å²) in [7, 11) is 0. The van der Waals surface area contributed by atoms with E-state index in [9.17, 15) is 14.9 Å². The summed E-state index contributed by atoms with van der Waals surface area (Å²) in [5.41, 5.74) is 8.64. The number of benzene rings is 1. The number of fused-ring (bicyclic) bond motifs is 1. The fraction of sp³-hybridized carbons (Fsp3) is 0.300. The molecular formula is C20H20N4O2S. The fourth-order valence-electron chi connectivity index (χ4n) is 3.05. The number of rotatable bonds is 5. The molecule has 2 aromatic rings. The second kappa shape index (κ2) is 8.23. The van der Waals surface area contributed by atoms with E-state index in [1.807, 2.05) is 6.07 Å². The Balaban J connectivity index is 1.77. The lowest BCUT2D eigenvalue weighted by molar-refractivity contribution is -0.115. The summed E-state index contributed by atoms with van der Waals surface area (Å²) in [4.78, 5) is 28.7. The monoisotopic (exact) mass is 380 g/mol. The highest BCUT2D eigenvalue weighted by atomic mass is 32.2. The lowest BCUT2D eigenvalue weighted by atomic mass is 9.95. The van der Waals surface area contributed by atoms with Gasteiger partial charge in [-0.05, 0) is 56.4 Å². The van der Waals surface area contributed by atoms with E-state index in [1.165, 1.54) is 11.8 Å². The first-order valence-corrected chi connectivity index (χ1v) is 9.67. The maximum absolute atomic E-state index is 12.6. The third-order valence-corrected chi connectivity index (χ3v) is 5.60. The molecule has 1 heterocycles. The van der Waals surface area contributed by atoms with Gasteiger partial charge < -0.3 is 11.1 Å². The van der Waals surface area contributed by atoms with Gasteiger partial charge in [-0.2, -0.15) is 5.26 Å². The molecule has 1 aromatic carbocycles. The van der Waals surface area contributed by atoms with Crippen LogP contribution in [0.1, 0.15) is 46.9 Å². The molecule has 2 amide bonds. The fourth-order valence-corrected chi connectivity index (χ4v) is 3.94. The first kappa shape index (κ1) is 18.9. The molecule has 1 atom stereocenters. The average Bonchev–Trinajstić information content (AvgIpc) is 2.67. The van der Waals surface area contributed by atoms with Gasteiger partial charge in [-0.15, -0.1) is 0 Å². The molecule has 0 bridgehead atoms. The molecule has 27 heavy (non-hydrogen) atoms. The molecule has 0 spiro atoms. The number of carbonyl (C=O) groups is 2. The number of carbonyl (C=O) groups excluding carboxylic acids is 2. The topological polar surface area (TPSA) is 109 Å². The second-order valence-electron chi connectivity index (χ2n) is 6.42. The first-order chi connectivity index (χ1) is 13.0. The predicted molar refractivity (Wildman–Crippen MR) is 105 cm³/mol. The van der Waals surface area contributed by atoms with Crippen LogP contribution >= 0.6 is 11.8 Å². The summed E-state index contributed by atoms with van der Waals surface area (Å²) in [6, 6.07) is 10.7. The van der Waals surface area contributed by atoms with E-state index in [2.05, 4.69) is 16.4 Å². The van der Waals surface area contributed by atoms with Crippen molar-refractivity contribution in [1.29, 1.82) is 5.26 Å². The quantitative estimate of drug-likeness (QED) is 0.775. The standard InChI is InChI=1S/C20H20N4O2S/c1-12(19(26)23-17-9-5-3-7-15(17)18(22)25)27-20-14(11-21)10-13-6-2-4-8-16(13)24-20/h3,5,7,9-10,12H,2,4,6,8H2,1H3,(H2,22,25)(H,23,26). The van der Waals surface area contributed by atoms with Crippen LogP contribution in [-0.4, -0.2) is 22.0 Å². The predicted octanol–water partition coefficient (Wildman–Crippen LogP) is 3.05. The summed E-state index contributed by atoms with van der Waals surface area (Å²) in [6.07, 6.45) is 4.06. The minimum atomic E-state index is -0.602. The Morgan fingerprint density at radius 1 is 1.30 bits per heavy atom. The molecule has 0 radical (unpaired) electrons. The highest BCUT2D eigenvalue weighted by molar-refractivity contribution is 8.00. The lowest BCUT2D eigenvalue weighted by Crippen LogP contribution is -2.25. The number of hydrogen-bond acceptors (Lipinski definition) is 5. The number of nitrogens with one attached hydrogen (secondary N) is 1.